The maximum absolute atomic E-state index is 6.13. The van der Waals surface area contributed by atoms with Gasteiger partial charge in [-0.25, -0.2) is 0 Å². The van der Waals surface area contributed by atoms with E-state index in [1.807, 2.05) is 0 Å². The molecule has 0 unspecified atom stereocenters. The van der Waals surface area contributed by atoms with Crippen LogP contribution in [-0.4, -0.2) is 16.2 Å². The van der Waals surface area contributed by atoms with Gasteiger partial charge in [0.05, 0.1) is 12.2 Å². The number of thiophene rings is 1. The molecule has 1 aliphatic carbocycles. The van der Waals surface area contributed by atoms with Crippen LogP contribution in [0.1, 0.15) is 17.7 Å². The van der Waals surface area contributed by atoms with Crippen LogP contribution in [0.3, 0.4) is 0 Å². The highest BCUT2D eigenvalue weighted by Gasteiger charge is 2.31. The first-order valence-corrected chi connectivity index (χ1v) is 7.35. The fraction of sp³-hybridized carbons (Fsp3) is 0.333. The van der Waals surface area contributed by atoms with Crippen LogP contribution in [0.2, 0.25) is 10.3 Å². The molecule has 0 spiro atoms. The summed E-state index contributed by atoms with van der Waals surface area (Å²) in [5.41, 5.74) is 0.882. The Labute approximate surface area is 119 Å². The standard InChI is InChI=1S/C12H11Cl2N3S/c13-11-6-10(12(14)16-15-11)17(8-3-4-8)7-9-2-1-5-18-9/h1-2,5-6,8H,3-4,7H2. The minimum absolute atomic E-state index is 0.381. The minimum atomic E-state index is 0.381. The molecule has 0 N–H and O–H groups in total. The Kier molecular flexibility index (Phi) is 3.41. The third-order valence-electron chi connectivity index (χ3n) is 2.90. The van der Waals surface area contributed by atoms with E-state index in [0.717, 1.165) is 12.2 Å². The molecule has 1 aliphatic rings. The molecule has 0 aliphatic heterocycles. The highest BCUT2D eigenvalue weighted by Crippen LogP contribution is 2.37. The fourth-order valence-electron chi connectivity index (χ4n) is 1.91. The summed E-state index contributed by atoms with van der Waals surface area (Å²) in [5, 5.41) is 10.5. The van der Waals surface area contributed by atoms with E-state index in [1.165, 1.54) is 17.7 Å². The molecule has 2 aromatic rings. The SMILES string of the molecule is Clc1cc(N(Cc2cccs2)C2CC2)c(Cl)nn1. The van der Waals surface area contributed by atoms with Crippen molar-refractivity contribution in [3.8, 4) is 0 Å². The lowest BCUT2D eigenvalue weighted by atomic mass is 10.3. The van der Waals surface area contributed by atoms with Crippen LogP contribution >= 0.6 is 34.5 Å². The van der Waals surface area contributed by atoms with Crippen LogP contribution in [0.4, 0.5) is 5.69 Å². The summed E-state index contributed by atoms with van der Waals surface area (Å²) in [6.07, 6.45) is 2.39. The third kappa shape index (κ3) is 2.60. The lowest BCUT2D eigenvalue weighted by molar-refractivity contribution is 0.796. The Hall–Kier alpha value is -0.840. The number of hydrogen-bond acceptors (Lipinski definition) is 4. The lowest BCUT2D eigenvalue weighted by Gasteiger charge is -2.24. The first kappa shape index (κ1) is 12.2. The van der Waals surface area contributed by atoms with Crippen molar-refractivity contribution >= 4 is 40.2 Å². The van der Waals surface area contributed by atoms with E-state index in [-0.39, 0.29) is 0 Å². The zero-order chi connectivity index (χ0) is 12.5. The summed E-state index contributed by atoms with van der Waals surface area (Å²) in [7, 11) is 0. The maximum atomic E-state index is 6.13. The average molecular weight is 300 g/mol. The summed E-state index contributed by atoms with van der Waals surface area (Å²) in [6.45, 7) is 0.851. The molecule has 0 aromatic carbocycles. The molecule has 0 radical (unpaired) electrons. The van der Waals surface area contributed by atoms with Gasteiger partial charge in [0.25, 0.3) is 0 Å². The van der Waals surface area contributed by atoms with Crippen molar-refractivity contribution in [2.75, 3.05) is 4.90 Å². The van der Waals surface area contributed by atoms with E-state index in [4.69, 9.17) is 23.2 Å². The van der Waals surface area contributed by atoms with Gasteiger partial charge in [0.15, 0.2) is 10.3 Å². The Morgan fingerprint density at radius 2 is 2.17 bits per heavy atom. The molecule has 3 rings (SSSR count). The van der Waals surface area contributed by atoms with Crippen LogP contribution < -0.4 is 4.90 Å². The van der Waals surface area contributed by atoms with Crippen LogP contribution in [0.25, 0.3) is 0 Å². The van der Waals surface area contributed by atoms with Crippen LogP contribution in [0.15, 0.2) is 23.6 Å². The second kappa shape index (κ2) is 5.03. The Morgan fingerprint density at radius 3 is 2.83 bits per heavy atom. The van der Waals surface area contributed by atoms with Crippen LogP contribution in [-0.2, 0) is 6.54 Å². The number of rotatable bonds is 4. The van der Waals surface area contributed by atoms with Crippen molar-refractivity contribution in [1.82, 2.24) is 10.2 Å². The van der Waals surface area contributed by atoms with E-state index in [0.29, 0.717) is 16.3 Å². The van der Waals surface area contributed by atoms with Crippen molar-refractivity contribution in [3.63, 3.8) is 0 Å². The van der Waals surface area contributed by atoms with Gasteiger partial charge in [-0.3, -0.25) is 0 Å². The molecule has 0 bridgehead atoms. The van der Waals surface area contributed by atoms with Crippen molar-refractivity contribution in [2.45, 2.75) is 25.4 Å². The van der Waals surface area contributed by atoms with Gasteiger partial charge in [0.2, 0.25) is 0 Å². The monoisotopic (exact) mass is 299 g/mol. The molecule has 18 heavy (non-hydrogen) atoms. The summed E-state index contributed by atoms with van der Waals surface area (Å²) < 4.78 is 0. The molecule has 2 aromatic heterocycles. The quantitative estimate of drug-likeness (QED) is 0.854. The van der Waals surface area contributed by atoms with Crippen molar-refractivity contribution < 1.29 is 0 Å². The van der Waals surface area contributed by atoms with Gasteiger partial charge in [-0.1, -0.05) is 29.3 Å². The molecular weight excluding hydrogens is 289 g/mol. The van der Waals surface area contributed by atoms with Crippen LogP contribution in [0, 0.1) is 0 Å². The highest BCUT2D eigenvalue weighted by molar-refractivity contribution is 7.09. The number of aromatic nitrogens is 2. The predicted octanol–water partition coefficient (Wildman–Crippen LogP) is 4.01. The maximum Gasteiger partial charge on any atom is 0.175 e. The second-order valence-electron chi connectivity index (χ2n) is 4.28. The van der Waals surface area contributed by atoms with Crippen molar-refractivity contribution in [3.05, 3.63) is 38.8 Å². The van der Waals surface area contributed by atoms with Gasteiger partial charge in [0.1, 0.15) is 0 Å². The topological polar surface area (TPSA) is 29.0 Å². The van der Waals surface area contributed by atoms with Gasteiger partial charge in [-0.05, 0) is 24.3 Å². The molecule has 1 fully saturated rings. The molecule has 0 saturated heterocycles. The summed E-state index contributed by atoms with van der Waals surface area (Å²) in [4.78, 5) is 3.58. The minimum Gasteiger partial charge on any atom is -0.361 e. The summed E-state index contributed by atoms with van der Waals surface area (Å²) >= 11 is 13.8. The van der Waals surface area contributed by atoms with Gasteiger partial charge in [0, 0.05) is 17.0 Å². The number of halogens is 2. The first-order valence-electron chi connectivity index (χ1n) is 5.72. The van der Waals surface area contributed by atoms with E-state index in [2.05, 4.69) is 32.6 Å². The molecule has 0 amide bonds. The van der Waals surface area contributed by atoms with Gasteiger partial charge >= 0.3 is 0 Å². The van der Waals surface area contributed by atoms with E-state index < -0.39 is 0 Å². The van der Waals surface area contributed by atoms with Crippen LogP contribution in [0.5, 0.6) is 0 Å². The van der Waals surface area contributed by atoms with E-state index in [9.17, 15) is 0 Å². The number of hydrogen-bond donors (Lipinski definition) is 0. The Morgan fingerprint density at radius 1 is 1.33 bits per heavy atom. The first-order chi connectivity index (χ1) is 8.74. The van der Waals surface area contributed by atoms with Crippen molar-refractivity contribution in [2.24, 2.45) is 0 Å². The molecule has 2 heterocycles. The third-order valence-corrected chi connectivity index (χ3v) is 4.22. The summed E-state index contributed by atoms with van der Waals surface area (Å²) in [6, 6.07) is 6.53. The zero-order valence-electron chi connectivity index (χ0n) is 9.51. The smallest absolute Gasteiger partial charge is 0.175 e. The number of nitrogens with zero attached hydrogens (tertiary/aromatic N) is 3. The average Bonchev–Trinajstić information content (AvgIpc) is 3.07. The van der Waals surface area contributed by atoms with Crippen molar-refractivity contribution in [1.29, 1.82) is 0 Å². The molecular formula is C12H11Cl2N3S. The van der Waals surface area contributed by atoms with E-state index in [1.54, 1.807) is 17.4 Å². The molecule has 94 valence electrons. The largest absolute Gasteiger partial charge is 0.361 e. The Balaban J connectivity index is 1.91. The predicted molar refractivity (Wildman–Crippen MR) is 75.6 cm³/mol. The fourth-order valence-corrected chi connectivity index (χ4v) is 2.96. The lowest BCUT2D eigenvalue weighted by Crippen LogP contribution is -2.25. The molecule has 3 nitrogen and oxygen atoms in total. The second-order valence-corrected chi connectivity index (χ2v) is 6.06. The number of anilines is 1. The molecule has 6 heteroatoms. The summed E-state index contributed by atoms with van der Waals surface area (Å²) in [5.74, 6) is 0. The van der Waals surface area contributed by atoms with E-state index >= 15 is 0 Å². The molecule has 1 saturated carbocycles. The van der Waals surface area contributed by atoms with Gasteiger partial charge in [-0.15, -0.1) is 21.5 Å². The Bertz CT molecular complexity index is 540. The highest BCUT2D eigenvalue weighted by atomic mass is 35.5. The van der Waals surface area contributed by atoms with Gasteiger partial charge < -0.3 is 4.90 Å². The zero-order valence-corrected chi connectivity index (χ0v) is 11.8. The normalized spacial score (nSPS) is 14.8. The van der Waals surface area contributed by atoms with Gasteiger partial charge in [-0.2, -0.15) is 0 Å². The molecule has 0 atom stereocenters.